The molecule has 3 rings (SSSR count). The average Bonchev–Trinajstić information content (AvgIpc) is 3.02. The summed E-state index contributed by atoms with van der Waals surface area (Å²) in [6.07, 6.45) is 2.78. The lowest BCUT2D eigenvalue weighted by Gasteiger charge is -2.00. The molecule has 1 N–H and O–H groups in total. The van der Waals surface area contributed by atoms with Crippen molar-refractivity contribution in [1.29, 1.82) is 0 Å². The van der Waals surface area contributed by atoms with Crippen LogP contribution in [-0.4, -0.2) is 34.9 Å². The highest BCUT2D eigenvalue weighted by Gasteiger charge is 2.09. The summed E-state index contributed by atoms with van der Waals surface area (Å²) < 4.78 is 19.7. The first kappa shape index (κ1) is 14.0. The predicted molar refractivity (Wildman–Crippen MR) is 81.2 cm³/mol. The Morgan fingerprint density at radius 3 is 2.86 bits per heavy atom. The molecule has 0 unspecified atom stereocenters. The van der Waals surface area contributed by atoms with Gasteiger partial charge in [0.25, 0.3) is 0 Å². The first-order valence-corrected chi connectivity index (χ1v) is 7.43. The molecule has 0 radical (unpaired) electrons. The van der Waals surface area contributed by atoms with E-state index in [1.54, 1.807) is 23.8 Å². The van der Waals surface area contributed by atoms with Crippen molar-refractivity contribution in [3.05, 3.63) is 36.3 Å². The van der Waals surface area contributed by atoms with Gasteiger partial charge in [-0.05, 0) is 30.7 Å². The van der Waals surface area contributed by atoms with Crippen molar-refractivity contribution < 1.29 is 9.13 Å². The Morgan fingerprint density at radius 1 is 1.33 bits per heavy atom. The highest BCUT2D eigenvalue weighted by atomic mass is 32.1. The number of fused-ring (bicyclic) bond motifs is 1. The van der Waals surface area contributed by atoms with Gasteiger partial charge in [-0.3, -0.25) is 0 Å². The van der Waals surface area contributed by atoms with Gasteiger partial charge in [0, 0.05) is 25.8 Å². The van der Waals surface area contributed by atoms with Gasteiger partial charge in [0.05, 0.1) is 11.9 Å². The number of benzene rings is 1. The second-order valence-electron chi connectivity index (χ2n) is 4.54. The van der Waals surface area contributed by atoms with Crippen molar-refractivity contribution in [2.45, 2.75) is 6.42 Å². The molecule has 5 nitrogen and oxygen atoms in total. The topological polar surface area (TPSA) is 51.5 Å². The summed E-state index contributed by atoms with van der Waals surface area (Å²) in [5, 5.41) is 8.49. The zero-order valence-corrected chi connectivity index (χ0v) is 12.4. The van der Waals surface area contributed by atoms with Gasteiger partial charge in [-0.15, -0.1) is 5.10 Å². The van der Waals surface area contributed by atoms with Gasteiger partial charge in [0.2, 0.25) is 10.1 Å². The second-order valence-corrected chi connectivity index (χ2v) is 5.50. The van der Waals surface area contributed by atoms with E-state index in [1.165, 1.54) is 23.5 Å². The van der Waals surface area contributed by atoms with Crippen molar-refractivity contribution >= 4 is 21.4 Å². The quantitative estimate of drug-likeness (QED) is 0.711. The van der Waals surface area contributed by atoms with E-state index in [4.69, 9.17) is 4.74 Å². The SMILES string of the molecule is COCCCNc1nn2cc(-c3ccc(F)cc3)nc2s1. The summed E-state index contributed by atoms with van der Waals surface area (Å²) in [5.74, 6) is -0.250. The maximum atomic E-state index is 12.9. The summed E-state index contributed by atoms with van der Waals surface area (Å²) in [6.45, 7) is 1.54. The molecular weight excluding hydrogens is 291 g/mol. The molecule has 7 heteroatoms. The Bertz CT molecular complexity index is 691. The minimum absolute atomic E-state index is 0.250. The molecule has 0 atom stereocenters. The lowest BCUT2D eigenvalue weighted by Crippen LogP contribution is -2.04. The van der Waals surface area contributed by atoms with Gasteiger partial charge >= 0.3 is 0 Å². The van der Waals surface area contributed by atoms with Crippen LogP contribution in [0.5, 0.6) is 0 Å². The van der Waals surface area contributed by atoms with Crippen molar-refractivity contribution in [3.63, 3.8) is 0 Å². The molecule has 0 fully saturated rings. The molecule has 2 aromatic heterocycles. The summed E-state index contributed by atoms with van der Waals surface area (Å²) in [4.78, 5) is 5.32. The fraction of sp³-hybridized carbons (Fsp3) is 0.286. The Hall–Kier alpha value is -1.99. The molecule has 0 saturated carbocycles. The number of methoxy groups -OCH3 is 1. The molecule has 0 saturated heterocycles. The lowest BCUT2D eigenvalue weighted by molar-refractivity contribution is 0.198. The summed E-state index contributed by atoms with van der Waals surface area (Å²) >= 11 is 1.49. The van der Waals surface area contributed by atoms with Crippen LogP contribution in [0.1, 0.15) is 6.42 Å². The van der Waals surface area contributed by atoms with Gasteiger partial charge in [-0.2, -0.15) is 0 Å². The highest BCUT2D eigenvalue weighted by Crippen LogP contribution is 2.24. The van der Waals surface area contributed by atoms with E-state index in [2.05, 4.69) is 15.4 Å². The van der Waals surface area contributed by atoms with Crippen LogP contribution in [0.4, 0.5) is 9.52 Å². The van der Waals surface area contributed by atoms with Crippen LogP contribution in [0.3, 0.4) is 0 Å². The molecule has 110 valence electrons. The summed E-state index contributed by atoms with van der Waals surface area (Å²) in [7, 11) is 1.69. The van der Waals surface area contributed by atoms with Gasteiger partial charge in [-0.25, -0.2) is 13.9 Å². The third kappa shape index (κ3) is 3.20. The monoisotopic (exact) mass is 306 g/mol. The van der Waals surface area contributed by atoms with E-state index in [-0.39, 0.29) is 5.82 Å². The van der Waals surface area contributed by atoms with Crippen LogP contribution in [0.25, 0.3) is 16.2 Å². The smallest absolute Gasteiger partial charge is 0.214 e. The maximum Gasteiger partial charge on any atom is 0.214 e. The second kappa shape index (κ2) is 6.19. The Kier molecular flexibility index (Phi) is 4.12. The minimum Gasteiger partial charge on any atom is -0.385 e. The Balaban J connectivity index is 1.73. The van der Waals surface area contributed by atoms with E-state index in [0.29, 0.717) is 0 Å². The third-order valence-electron chi connectivity index (χ3n) is 2.98. The molecule has 0 spiro atoms. The van der Waals surface area contributed by atoms with Gasteiger partial charge in [-0.1, -0.05) is 11.3 Å². The van der Waals surface area contributed by atoms with E-state index >= 15 is 0 Å². The highest BCUT2D eigenvalue weighted by molar-refractivity contribution is 7.20. The van der Waals surface area contributed by atoms with Gasteiger partial charge in [0.1, 0.15) is 5.82 Å². The standard InChI is InChI=1S/C14H15FN4OS/c1-20-8-2-7-16-13-18-19-9-12(17-14(19)21-13)10-3-5-11(15)6-4-10/h3-6,9H,2,7-8H2,1H3,(H,16,18). The van der Waals surface area contributed by atoms with Crippen LogP contribution < -0.4 is 5.32 Å². The number of halogens is 1. The van der Waals surface area contributed by atoms with Crippen molar-refractivity contribution in [1.82, 2.24) is 14.6 Å². The van der Waals surface area contributed by atoms with Gasteiger partial charge < -0.3 is 10.1 Å². The Morgan fingerprint density at radius 2 is 2.14 bits per heavy atom. The van der Waals surface area contributed by atoms with Crippen LogP contribution in [0.2, 0.25) is 0 Å². The number of nitrogens with zero attached hydrogens (tertiary/aromatic N) is 3. The fourth-order valence-electron chi connectivity index (χ4n) is 1.94. The van der Waals surface area contributed by atoms with Crippen LogP contribution in [-0.2, 0) is 4.74 Å². The molecule has 0 aliphatic heterocycles. The summed E-state index contributed by atoms with van der Waals surface area (Å²) in [6, 6.07) is 6.29. The first-order chi connectivity index (χ1) is 10.3. The average molecular weight is 306 g/mol. The number of nitrogens with one attached hydrogen (secondary N) is 1. The van der Waals surface area contributed by atoms with E-state index < -0.39 is 0 Å². The van der Waals surface area contributed by atoms with E-state index in [0.717, 1.165) is 40.9 Å². The van der Waals surface area contributed by atoms with Crippen LogP contribution >= 0.6 is 11.3 Å². The third-order valence-corrected chi connectivity index (χ3v) is 3.86. The number of imidazole rings is 1. The van der Waals surface area contributed by atoms with E-state index in [1.807, 2.05) is 6.20 Å². The van der Waals surface area contributed by atoms with Crippen molar-refractivity contribution in [3.8, 4) is 11.3 Å². The molecular formula is C14H15FN4OS. The lowest BCUT2D eigenvalue weighted by atomic mass is 10.2. The Labute approximate surface area is 125 Å². The van der Waals surface area contributed by atoms with Crippen LogP contribution in [0.15, 0.2) is 30.5 Å². The molecule has 0 aliphatic carbocycles. The van der Waals surface area contributed by atoms with Crippen molar-refractivity contribution in [2.75, 3.05) is 25.6 Å². The van der Waals surface area contributed by atoms with Gasteiger partial charge in [0.15, 0.2) is 0 Å². The maximum absolute atomic E-state index is 12.9. The zero-order valence-electron chi connectivity index (χ0n) is 11.5. The number of rotatable bonds is 6. The fourth-order valence-corrected chi connectivity index (χ4v) is 2.75. The van der Waals surface area contributed by atoms with Crippen molar-refractivity contribution in [2.24, 2.45) is 0 Å². The number of hydrogen-bond acceptors (Lipinski definition) is 5. The first-order valence-electron chi connectivity index (χ1n) is 6.61. The molecule has 1 aromatic carbocycles. The molecule has 2 heterocycles. The largest absolute Gasteiger partial charge is 0.385 e. The summed E-state index contributed by atoms with van der Waals surface area (Å²) in [5.41, 5.74) is 1.67. The number of anilines is 1. The predicted octanol–water partition coefficient (Wildman–Crippen LogP) is 3.05. The molecule has 21 heavy (non-hydrogen) atoms. The molecule has 3 aromatic rings. The minimum atomic E-state index is -0.250. The number of hydrogen-bond donors (Lipinski definition) is 1. The zero-order chi connectivity index (χ0) is 14.7. The normalized spacial score (nSPS) is 11.1. The molecule has 0 aliphatic rings. The number of ether oxygens (including phenoxy) is 1. The number of aromatic nitrogens is 3. The van der Waals surface area contributed by atoms with Crippen LogP contribution in [0, 0.1) is 5.82 Å². The van der Waals surface area contributed by atoms with E-state index in [9.17, 15) is 4.39 Å². The molecule has 0 bridgehead atoms. The molecule has 0 amide bonds.